The average Bonchev–Trinajstić information content (AvgIpc) is 2.39. The lowest BCUT2D eigenvalue weighted by molar-refractivity contribution is 0.0918. The minimum Gasteiger partial charge on any atom is -0.371 e. The molecule has 2 rings (SSSR count). The van der Waals surface area contributed by atoms with Crippen LogP contribution in [0.1, 0.15) is 39.2 Å². The number of benzene rings is 1. The molecule has 0 bridgehead atoms. The third-order valence-corrected chi connectivity index (χ3v) is 4.00. The monoisotopic (exact) mass is 262 g/mol. The molecule has 1 aliphatic rings. The maximum Gasteiger partial charge on any atom is 0.0708 e. The van der Waals surface area contributed by atoms with E-state index in [1.807, 2.05) is 0 Å². The quantitative estimate of drug-likeness (QED) is 0.851. The number of piperidine rings is 1. The number of hydrogen-bond acceptors (Lipinski definition) is 3. The molecule has 0 amide bonds. The Labute approximate surface area is 116 Å². The average molecular weight is 262 g/mol. The van der Waals surface area contributed by atoms with Gasteiger partial charge in [-0.2, -0.15) is 0 Å². The molecule has 0 radical (unpaired) electrons. The lowest BCUT2D eigenvalue weighted by atomic mass is 9.85. The van der Waals surface area contributed by atoms with E-state index in [0.29, 0.717) is 12.5 Å². The van der Waals surface area contributed by atoms with Gasteiger partial charge in [-0.3, -0.25) is 0 Å². The summed E-state index contributed by atoms with van der Waals surface area (Å²) in [4.78, 5) is 7.29. The predicted octanol–water partition coefficient (Wildman–Crippen LogP) is 3.09. The van der Waals surface area contributed by atoms with E-state index in [2.05, 4.69) is 49.9 Å². The van der Waals surface area contributed by atoms with Crippen LogP contribution in [0, 0.1) is 5.92 Å². The largest absolute Gasteiger partial charge is 0.371 e. The summed E-state index contributed by atoms with van der Waals surface area (Å²) >= 11 is 0. The molecule has 1 aliphatic heterocycles. The zero-order chi connectivity index (χ0) is 13.9. The molecule has 1 heterocycles. The first-order valence-corrected chi connectivity index (χ1v) is 7.18. The Morgan fingerprint density at radius 1 is 1.21 bits per heavy atom. The highest BCUT2D eigenvalue weighted by Crippen LogP contribution is 2.33. The van der Waals surface area contributed by atoms with Crippen LogP contribution in [-0.4, -0.2) is 19.7 Å². The minimum atomic E-state index is 0.188. The fourth-order valence-electron chi connectivity index (χ4n) is 2.86. The topological polar surface area (TPSA) is 38.5 Å². The molecule has 0 spiro atoms. The van der Waals surface area contributed by atoms with E-state index in [-0.39, 0.29) is 5.41 Å². The Bertz CT molecular complexity index is 403. The molecule has 1 aromatic rings. The van der Waals surface area contributed by atoms with Gasteiger partial charge in [0.2, 0.25) is 0 Å². The van der Waals surface area contributed by atoms with E-state index in [1.54, 1.807) is 0 Å². The van der Waals surface area contributed by atoms with Crippen LogP contribution in [0.3, 0.4) is 0 Å². The summed E-state index contributed by atoms with van der Waals surface area (Å²) in [6, 6.07) is 8.78. The van der Waals surface area contributed by atoms with E-state index < -0.39 is 0 Å². The molecule has 19 heavy (non-hydrogen) atoms. The molecule has 1 aromatic carbocycles. The predicted molar refractivity (Wildman–Crippen MR) is 80.2 cm³/mol. The summed E-state index contributed by atoms with van der Waals surface area (Å²) in [5.74, 6) is 5.79. The molecule has 106 valence electrons. The zero-order valence-electron chi connectivity index (χ0n) is 12.4. The second-order valence-electron chi connectivity index (χ2n) is 6.53. The van der Waals surface area contributed by atoms with E-state index in [0.717, 1.165) is 25.9 Å². The van der Waals surface area contributed by atoms with Gasteiger partial charge in [-0.25, -0.2) is 5.90 Å². The molecule has 1 saturated heterocycles. The lowest BCUT2D eigenvalue weighted by Crippen LogP contribution is -2.36. The Hall–Kier alpha value is -1.06. The van der Waals surface area contributed by atoms with Crippen molar-refractivity contribution in [3.8, 4) is 0 Å². The van der Waals surface area contributed by atoms with Gasteiger partial charge in [0.05, 0.1) is 6.61 Å². The van der Waals surface area contributed by atoms with Crippen LogP contribution < -0.4 is 10.8 Å². The molecule has 0 saturated carbocycles. The normalized spacial score (nSPS) is 17.8. The molecule has 3 heteroatoms. The summed E-state index contributed by atoms with van der Waals surface area (Å²) in [6.07, 6.45) is 2.32. The second-order valence-corrected chi connectivity index (χ2v) is 6.53. The van der Waals surface area contributed by atoms with E-state index in [4.69, 9.17) is 10.7 Å². The molecular formula is C16H26N2O. The summed E-state index contributed by atoms with van der Waals surface area (Å²) < 4.78 is 0. The standard InChI is InChI=1S/C16H26N2O/c1-16(2,3)14-6-4-5-7-15(14)18-10-8-13(9-11-18)12-19-17/h4-7,13H,8-12,17H2,1-3H3. The number of para-hydroxylation sites is 1. The SMILES string of the molecule is CC(C)(C)c1ccccc1N1CCC(CON)CC1. The molecular weight excluding hydrogens is 236 g/mol. The second kappa shape index (κ2) is 5.93. The van der Waals surface area contributed by atoms with E-state index in [9.17, 15) is 0 Å². The van der Waals surface area contributed by atoms with Crippen LogP contribution in [0.2, 0.25) is 0 Å². The maximum absolute atomic E-state index is 5.17. The van der Waals surface area contributed by atoms with Crippen molar-refractivity contribution in [3.63, 3.8) is 0 Å². The van der Waals surface area contributed by atoms with Crippen LogP contribution in [-0.2, 0) is 10.3 Å². The number of anilines is 1. The van der Waals surface area contributed by atoms with Gasteiger partial charge in [-0.1, -0.05) is 39.0 Å². The van der Waals surface area contributed by atoms with Crippen LogP contribution in [0.4, 0.5) is 5.69 Å². The molecule has 2 N–H and O–H groups in total. The van der Waals surface area contributed by atoms with Crippen LogP contribution in [0.5, 0.6) is 0 Å². The summed E-state index contributed by atoms with van der Waals surface area (Å²) in [7, 11) is 0. The van der Waals surface area contributed by atoms with Crippen LogP contribution in [0.25, 0.3) is 0 Å². The van der Waals surface area contributed by atoms with E-state index in [1.165, 1.54) is 11.3 Å². The maximum atomic E-state index is 5.17. The summed E-state index contributed by atoms with van der Waals surface area (Å²) in [5.41, 5.74) is 3.01. The minimum absolute atomic E-state index is 0.188. The van der Waals surface area contributed by atoms with Gasteiger partial charge in [-0.05, 0) is 35.8 Å². The lowest BCUT2D eigenvalue weighted by Gasteiger charge is -2.36. The van der Waals surface area contributed by atoms with Crippen molar-refractivity contribution in [1.29, 1.82) is 0 Å². The molecule has 0 aromatic heterocycles. The number of hydrogen-bond donors (Lipinski definition) is 1. The van der Waals surface area contributed by atoms with Gasteiger partial charge < -0.3 is 9.74 Å². The van der Waals surface area contributed by atoms with Gasteiger partial charge in [0.25, 0.3) is 0 Å². The highest BCUT2D eigenvalue weighted by atomic mass is 16.6. The molecule has 0 aliphatic carbocycles. The molecule has 0 atom stereocenters. The number of nitrogens with two attached hydrogens (primary N) is 1. The summed E-state index contributed by atoms with van der Waals surface area (Å²) in [6.45, 7) is 9.72. The van der Waals surface area contributed by atoms with Crippen LogP contribution >= 0.6 is 0 Å². The van der Waals surface area contributed by atoms with Crippen molar-refractivity contribution in [1.82, 2.24) is 0 Å². The van der Waals surface area contributed by atoms with Gasteiger partial charge in [0.15, 0.2) is 0 Å². The third kappa shape index (κ3) is 3.48. The van der Waals surface area contributed by atoms with E-state index >= 15 is 0 Å². The highest BCUT2D eigenvalue weighted by Gasteiger charge is 2.24. The van der Waals surface area contributed by atoms with Crippen molar-refractivity contribution in [3.05, 3.63) is 29.8 Å². The fraction of sp³-hybridized carbons (Fsp3) is 0.625. The van der Waals surface area contributed by atoms with Gasteiger partial charge in [0, 0.05) is 18.8 Å². The Balaban J connectivity index is 2.12. The highest BCUT2D eigenvalue weighted by molar-refractivity contribution is 5.56. The van der Waals surface area contributed by atoms with Crippen molar-refractivity contribution < 1.29 is 4.84 Å². The van der Waals surface area contributed by atoms with Crippen molar-refractivity contribution in [2.75, 3.05) is 24.6 Å². The van der Waals surface area contributed by atoms with Crippen molar-refractivity contribution in [2.45, 2.75) is 39.0 Å². The van der Waals surface area contributed by atoms with Gasteiger partial charge in [-0.15, -0.1) is 0 Å². The molecule has 1 fully saturated rings. The van der Waals surface area contributed by atoms with Crippen LogP contribution in [0.15, 0.2) is 24.3 Å². The first-order valence-electron chi connectivity index (χ1n) is 7.18. The Kier molecular flexibility index (Phi) is 4.48. The van der Waals surface area contributed by atoms with Gasteiger partial charge in [0.1, 0.15) is 0 Å². The molecule has 3 nitrogen and oxygen atoms in total. The first kappa shape index (κ1) is 14.4. The summed E-state index contributed by atoms with van der Waals surface area (Å²) in [5, 5.41) is 0. The Morgan fingerprint density at radius 3 is 2.42 bits per heavy atom. The fourth-order valence-corrected chi connectivity index (χ4v) is 2.86. The number of nitrogens with zero attached hydrogens (tertiary/aromatic N) is 1. The third-order valence-electron chi connectivity index (χ3n) is 4.00. The Morgan fingerprint density at radius 2 is 1.84 bits per heavy atom. The zero-order valence-corrected chi connectivity index (χ0v) is 12.4. The van der Waals surface area contributed by atoms with Crippen molar-refractivity contribution in [2.24, 2.45) is 11.8 Å². The number of rotatable bonds is 3. The van der Waals surface area contributed by atoms with Gasteiger partial charge >= 0.3 is 0 Å². The smallest absolute Gasteiger partial charge is 0.0708 e. The molecule has 0 unspecified atom stereocenters. The van der Waals surface area contributed by atoms with Crippen molar-refractivity contribution >= 4 is 5.69 Å². The first-order chi connectivity index (χ1) is 9.02.